The molecule has 0 aromatic carbocycles. The fourth-order valence-corrected chi connectivity index (χ4v) is 3.66. The molecule has 0 radical (unpaired) electrons. The molecule has 2 aliphatic rings. The van der Waals surface area contributed by atoms with Gasteiger partial charge in [-0.2, -0.15) is 15.4 Å². The van der Waals surface area contributed by atoms with Gasteiger partial charge in [0.2, 0.25) is 5.91 Å². The predicted molar refractivity (Wildman–Crippen MR) is 85.5 cm³/mol. The third-order valence-corrected chi connectivity index (χ3v) is 5.07. The molecule has 1 amide bonds. The number of amides is 1. The summed E-state index contributed by atoms with van der Waals surface area (Å²) in [4.78, 5) is 14.9. The van der Waals surface area contributed by atoms with Crippen LogP contribution in [-0.2, 0) is 16.1 Å². The number of nitrogens with zero attached hydrogens (tertiary/aromatic N) is 3. The monoisotopic (exact) mass is 321 g/mol. The number of rotatable bonds is 5. The Bertz CT molecular complexity index is 499. The van der Waals surface area contributed by atoms with Crippen molar-refractivity contribution in [2.75, 3.05) is 26.3 Å². The molecule has 7 heteroatoms. The van der Waals surface area contributed by atoms with E-state index in [-0.39, 0.29) is 17.9 Å². The number of likely N-dealkylation sites (tertiary alicyclic amines) is 1. The third-order valence-electron chi connectivity index (χ3n) is 5.07. The molecule has 3 heterocycles. The molecule has 2 unspecified atom stereocenters. The number of aromatic amines is 1. The molecular weight excluding hydrogens is 294 g/mol. The molecule has 7 nitrogen and oxygen atoms in total. The van der Waals surface area contributed by atoms with E-state index in [1.807, 2.05) is 0 Å². The lowest BCUT2D eigenvalue weighted by Gasteiger charge is -2.27. The van der Waals surface area contributed by atoms with Crippen LogP contribution in [0.25, 0.3) is 0 Å². The summed E-state index contributed by atoms with van der Waals surface area (Å²) >= 11 is 0. The van der Waals surface area contributed by atoms with E-state index in [0.29, 0.717) is 25.0 Å². The molecule has 0 bridgehead atoms. The molecule has 1 aromatic heterocycles. The molecule has 0 saturated carbocycles. The number of carbonyl (C=O) groups is 1. The predicted octanol–water partition coefficient (Wildman–Crippen LogP) is 0.804. The SMILES string of the molecule is CC(C)C1CN(Cc2cn[nH]n2)CC1NC(=O)C1CCOCC1. The molecule has 2 fully saturated rings. The molecule has 1 aromatic rings. The Morgan fingerprint density at radius 2 is 2.22 bits per heavy atom. The van der Waals surface area contributed by atoms with Crippen molar-refractivity contribution >= 4 is 5.91 Å². The zero-order chi connectivity index (χ0) is 16.2. The summed E-state index contributed by atoms with van der Waals surface area (Å²) in [5.41, 5.74) is 0.948. The van der Waals surface area contributed by atoms with Crippen LogP contribution < -0.4 is 5.32 Å². The minimum Gasteiger partial charge on any atom is -0.381 e. The Morgan fingerprint density at radius 1 is 1.43 bits per heavy atom. The van der Waals surface area contributed by atoms with Crippen molar-refractivity contribution in [2.24, 2.45) is 17.8 Å². The molecule has 2 saturated heterocycles. The lowest BCUT2D eigenvalue weighted by atomic mass is 9.90. The molecule has 3 rings (SSSR count). The van der Waals surface area contributed by atoms with Crippen LogP contribution in [-0.4, -0.2) is 58.6 Å². The maximum Gasteiger partial charge on any atom is 0.223 e. The van der Waals surface area contributed by atoms with E-state index >= 15 is 0 Å². The quantitative estimate of drug-likeness (QED) is 0.838. The maximum atomic E-state index is 12.5. The Morgan fingerprint density at radius 3 is 2.87 bits per heavy atom. The minimum absolute atomic E-state index is 0.112. The van der Waals surface area contributed by atoms with E-state index < -0.39 is 0 Å². The molecule has 2 aliphatic heterocycles. The van der Waals surface area contributed by atoms with Gasteiger partial charge in [0.05, 0.1) is 11.9 Å². The van der Waals surface area contributed by atoms with Crippen molar-refractivity contribution < 1.29 is 9.53 Å². The zero-order valence-corrected chi connectivity index (χ0v) is 14.0. The summed E-state index contributed by atoms with van der Waals surface area (Å²) < 4.78 is 5.35. The van der Waals surface area contributed by atoms with Crippen LogP contribution in [0.2, 0.25) is 0 Å². The van der Waals surface area contributed by atoms with Crippen molar-refractivity contribution in [2.45, 2.75) is 39.3 Å². The van der Waals surface area contributed by atoms with Crippen LogP contribution in [0.3, 0.4) is 0 Å². The topological polar surface area (TPSA) is 83.1 Å². The molecule has 23 heavy (non-hydrogen) atoms. The molecule has 2 atom stereocenters. The van der Waals surface area contributed by atoms with Crippen molar-refractivity contribution in [1.82, 2.24) is 25.6 Å². The first-order valence-electron chi connectivity index (χ1n) is 8.58. The van der Waals surface area contributed by atoms with E-state index in [1.54, 1.807) is 6.20 Å². The number of H-pyrrole nitrogens is 1. The van der Waals surface area contributed by atoms with Crippen molar-refractivity contribution in [3.63, 3.8) is 0 Å². The summed E-state index contributed by atoms with van der Waals surface area (Å²) in [7, 11) is 0. The smallest absolute Gasteiger partial charge is 0.223 e. The Hall–Kier alpha value is -1.47. The summed E-state index contributed by atoms with van der Waals surface area (Å²) in [5.74, 6) is 1.33. The van der Waals surface area contributed by atoms with Crippen molar-refractivity contribution in [1.29, 1.82) is 0 Å². The highest BCUT2D eigenvalue weighted by Gasteiger charge is 2.36. The van der Waals surface area contributed by atoms with E-state index in [0.717, 1.165) is 38.2 Å². The van der Waals surface area contributed by atoms with Gasteiger partial charge in [-0.15, -0.1) is 0 Å². The minimum atomic E-state index is 0.112. The van der Waals surface area contributed by atoms with Gasteiger partial charge in [0, 0.05) is 44.8 Å². The lowest BCUT2D eigenvalue weighted by molar-refractivity contribution is -0.128. The number of hydrogen-bond acceptors (Lipinski definition) is 5. The fraction of sp³-hybridized carbons (Fsp3) is 0.812. The van der Waals surface area contributed by atoms with Crippen molar-refractivity contribution in [3.05, 3.63) is 11.9 Å². The molecule has 0 aliphatic carbocycles. The highest BCUT2D eigenvalue weighted by Crippen LogP contribution is 2.26. The first kappa shape index (κ1) is 16.4. The maximum absolute atomic E-state index is 12.5. The van der Waals surface area contributed by atoms with Gasteiger partial charge in [-0.05, 0) is 24.7 Å². The Balaban J connectivity index is 1.58. The average molecular weight is 321 g/mol. The second kappa shape index (κ2) is 7.40. The van der Waals surface area contributed by atoms with Crippen LogP contribution in [0.1, 0.15) is 32.4 Å². The summed E-state index contributed by atoms with van der Waals surface area (Å²) in [6, 6.07) is 0.220. The van der Waals surface area contributed by atoms with Crippen LogP contribution in [0.15, 0.2) is 6.20 Å². The van der Waals surface area contributed by atoms with Crippen LogP contribution in [0.5, 0.6) is 0 Å². The lowest BCUT2D eigenvalue weighted by Crippen LogP contribution is -2.45. The van der Waals surface area contributed by atoms with Crippen LogP contribution >= 0.6 is 0 Å². The average Bonchev–Trinajstić information content (AvgIpc) is 3.18. The van der Waals surface area contributed by atoms with Crippen LogP contribution in [0, 0.1) is 17.8 Å². The molecule has 128 valence electrons. The largest absolute Gasteiger partial charge is 0.381 e. The fourth-order valence-electron chi connectivity index (χ4n) is 3.66. The summed E-state index contributed by atoms with van der Waals surface area (Å²) in [6.45, 7) is 8.52. The number of carbonyl (C=O) groups excluding carboxylic acids is 1. The molecule has 2 N–H and O–H groups in total. The number of hydrogen-bond donors (Lipinski definition) is 2. The zero-order valence-electron chi connectivity index (χ0n) is 14.0. The van der Waals surface area contributed by atoms with Gasteiger partial charge in [-0.1, -0.05) is 13.8 Å². The first-order valence-corrected chi connectivity index (χ1v) is 8.58. The standard InChI is InChI=1S/C16H27N5O2/c1-11(2)14-9-21(8-13-7-17-20-19-13)10-15(14)18-16(22)12-3-5-23-6-4-12/h7,11-12,14-15H,3-6,8-10H2,1-2H3,(H,18,22)(H,17,19,20). The van der Waals surface area contributed by atoms with E-state index in [4.69, 9.17) is 4.74 Å². The summed E-state index contributed by atoms with van der Waals surface area (Å²) in [5, 5.41) is 14.0. The normalized spacial score (nSPS) is 26.7. The van der Waals surface area contributed by atoms with Gasteiger partial charge < -0.3 is 10.1 Å². The van der Waals surface area contributed by atoms with Crippen LogP contribution in [0.4, 0.5) is 0 Å². The molecular formula is C16H27N5O2. The van der Waals surface area contributed by atoms with Gasteiger partial charge in [0.25, 0.3) is 0 Å². The number of aromatic nitrogens is 3. The number of nitrogens with one attached hydrogen (secondary N) is 2. The second-order valence-corrected chi connectivity index (χ2v) is 7.07. The van der Waals surface area contributed by atoms with Gasteiger partial charge in [0.1, 0.15) is 0 Å². The Labute approximate surface area is 137 Å². The van der Waals surface area contributed by atoms with E-state index in [1.165, 1.54) is 0 Å². The van der Waals surface area contributed by atoms with Gasteiger partial charge in [-0.25, -0.2) is 0 Å². The van der Waals surface area contributed by atoms with Gasteiger partial charge in [-0.3, -0.25) is 9.69 Å². The first-order chi connectivity index (χ1) is 11.1. The van der Waals surface area contributed by atoms with E-state index in [9.17, 15) is 4.79 Å². The van der Waals surface area contributed by atoms with Gasteiger partial charge >= 0.3 is 0 Å². The molecule has 0 spiro atoms. The highest BCUT2D eigenvalue weighted by molar-refractivity contribution is 5.79. The number of ether oxygens (including phenoxy) is 1. The van der Waals surface area contributed by atoms with Gasteiger partial charge in [0.15, 0.2) is 0 Å². The van der Waals surface area contributed by atoms with E-state index in [2.05, 4.69) is 39.5 Å². The highest BCUT2D eigenvalue weighted by atomic mass is 16.5. The van der Waals surface area contributed by atoms with Crippen molar-refractivity contribution in [3.8, 4) is 0 Å². The summed E-state index contributed by atoms with van der Waals surface area (Å²) in [6.07, 6.45) is 3.44. The second-order valence-electron chi connectivity index (χ2n) is 7.07. The Kier molecular flexibility index (Phi) is 5.27. The third kappa shape index (κ3) is 4.09.